The Labute approximate surface area is 131 Å². The summed E-state index contributed by atoms with van der Waals surface area (Å²) in [5.41, 5.74) is 0.220. The van der Waals surface area contributed by atoms with Gasteiger partial charge in [-0.05, 0) is 43.7 Å². The van der Waals surface area contributed by atoms with Gasteiger partial charge in [-0.15, -0.1) is 17.9 Å². The van der Waals surface area contributed by atoms with Crippen LogP contribution in [0.3, 0.4) is 0 Å². The largest absolute Gasteiger partial charge is 0.341 e. The van der Waals surface area contributed by atoms with Crippen molar-refractivity contribution in [2.24, 2.45) is 0 Å². The highest BCUT2D eigenvalue weighted by atomic mass is 32.1. The first-order chi connectivity index (χ1) is 10.2. The van der Waals surface area contributed by atoms with E-state index in [1.54, 1.807) is 11.3 Å². The maximum absolute atomic E-state index is 12.6. The van der Waals surface area contributed by atoms with Gasteiger partial charge in [0.2, 0.25) is 5.91 Å². The smallest absolute Gasteiger partial charge is 0.227 e. The molecule has 21 heavy (non-hydrogen) atoms. The molecule has 114 valence electrons. The van der Waals surface area contributed by atoms with Crippen LogP contribution in [0.5, 0.6) is 0 Å². The summed E-state index contributed by atoms with van der Waals surface area (Å²) in [4.78, 5) is 18.4. The first-order valence-electron chi connectivity index (χ1n) is 7.90. The highest BCUT2D eigenvalue weighted by molar-refractivity contribution is 7.10. The topological polar surface area (TPSA) is 23.6 Å². The van der Waals surface area contributed by atoms with Crippen LogP contribution in [0, 0.1) is 0 Å². The van der Waals surface area contributed by atoms with E-state index >= 15 is 0 Å². The van der Waals surface area contributed by atoms with Crippen LogP contribution in [0.2, 0.25) is 0 Å². The normalized spacial score (nSPS) is 26.4. The molecule has 3 heterocycles. The predicted octanol–water partition coefficient (Wildman–Crippen LogP) is 2.93. The van der Waals surface area contributed by atoms with E-state index < -0.39 is 0 Å². The van der Waals surface area contributed by atoms with E-state index in [-0.39, 0.29) is 5.54 Å². The molecule has 0 aromatic carbocycles. The zero-order valence-electron chi connectivity index (χ0n) is 12.6. The molecule has 0 radical (unpaired) electrons. The standard InChI is InChI=1S/C17H24N2OS/c1-2-9-19-11-5-8-17(19)7-4-10-18(14-17)16(20)13-15-6-3-12-21-15/h2-3,6,12H,1,4-5,7-11,13-14H2/t17-/m1/s1. The van der Waals surface area contributed by atoms with Crippen molar-refractivity contribution in [3.8, 4) is 0 Å². The number of piperidine rings is 1. The van der Waals surface area contributed by atoms with Gasteiger partial charge in [-0.2, -0.15) is 0 Å². The number of carbonyl (C=O) groups is 1. The third-order valence-electron chi connectivity index (χ3n) is 4.90. The Bertz CT molecular complexity index is 499. The molecule has 0 saturated carbocycles. The molecule has 1 spiro atoms. The Morgan fingerprint density at radius 1 is 1.38 bits per heavy atom. The summed E-state index contributed by atoms with van der Waals surface area (Å²) < 4.78 is 0. The lowest BCUT2D eigenvalue weighted by atomic mass is 9.86. The fourth-order valence-corrected chi connectivity index (χ4v) is 4.59. The van der Waals surface area contributed by atoms with Gasteiger partial charge >= 0.3 is 0 Å². The summed E-state index contributed by atoms with van der Waals surface area (Å²) in [6.07, 6.45) is 7.40. The zero-order chi connectivity index (χ0) is 14.7. The summed E-state index contributed by atoms with van der Waals surface area (Å²) in [6, 6.07) is 4.08. The van der Waals surface area contributed by atoms with Gasteiger partial charge in [0.15, 0.2) is 0 Å². The average molecular weight is 304 g/mol. The van der Waals surface area contributed by atoms with Crippen LogP contribution in [0.25, 0.3) is 0 Å². The third kappa shape index (κ3) is 3.06. The van der Waals surface area contributed by atoms with Gasteiger partial charge in [0, 0.05) is 30.1 Å². The molecule has 1 aromatic heterocycles. The van der Waals surface area contributed by atoms with Gasteiger partial charge in [-0.25, -0.2) is 0 Å². The average Bonchev–Trinajstić information content (AvgIpc) is 3.11. The van der Waals surface area contributed by atoms with Crippen LogP contribution in [0.1, 0.15) is 30.6 Å². The van der Waals surface area contributed by atoms with Crippen LogP contribution >= 0.6 is 11.3 Å². The fraction of sp³-hybridized carbons (Fsp3) is 0.588. The molecular weight excluding hydrogens is 280 g/mol. The number of amides is 1. The van der Waals surface area contributed by atoms with Crippen LogP contribution in [0.15, 0.2) is 30.2 Å². The first-order valence-corrected chi connectivity index (χ1v) is 8.78. The van der Waals surface area contributed by atoms with Gasteiger partial charge in [0.05, 0.1) is 6.42 Å². The molecule has 2 aliphatic heterocycles. The van der Waals surface area contributed by atoms with E-state index in [1.807, 2.05) is 17.5 Å². The second-order valence-electron chi connectivity index (χ2n) is 6.24. The Kier molecular flexibility index (Phi) is 4.45. The molecule has 1 atom stereocenters. The molecule has 0 N–H and O–H groups in total. The van der Waals surface area contributed by atoms with E-state index in [1.165, 1.54) is 24.1 Å². The molecular formula is C17H24N2OS. The van der Waals surface area contributed by atoms with E-state index in [4.69, 9.17) is 0 Å². The van der Waals surface area contributed by atoms with Crippen LogP contribution in [0.4, 0.5) is 0 Å². The number of hydrogen-bond acceptors (Lipinski definition) is 3. The first kappa shape index (κ1) is 14.8. The molecule has 2 saturated heterocycles. The molecule has 2 fully saturated rings. The monoisotopic (exact) mass is 304 g/mol. The van der Waals surface area contributed by atoms with Crippen molar-refractivity contribution in [1.82, 2.24) is 9.80 Å². The summed E-state index contributed by atoms with van der Waals surface area (Å²) >= 11 is 1.68. The van der Waals surface area contributed by atoms with Crippen molar-refractivity contribution in [2.75, 3.05) is 26.2 Å². The Morgan fingerprint density at radius 2 is 2.19 bits per heavy atom. The van der Waals surface area contributed by atoms with Crippen molar-refractivity contribution in [1.29, 1.82) is 0 Å². The number of nitrogens with zero attached hydrogens (tertiary/aromatic N) is 2. The summed E-state index contributed by atoms with van der Waals surface area (Å²) in [5, 5.41) is 2.04. The third-order valence-corrected chi connectivity index (χ3v) is 5.78. The van der Waals surface area contributed by atoms with E-state index in [0.29, 0.717) is 12.3 Å². The lowest BCUT2D eigenvalue weighted by Gasteiger charge is -2.46. The zero-order valence-corrected chi connectivity index (χ0v) is 13.4. The molecule has 0 unspecified atom stereocenters. The van der Waals surface area contributed by atoms with Crippen LogP contribution in [-0.2, 0) is 11.2 Å². The number of likely N-dealkylation sites (tertiary alicyclic amines) is 2. The lowest BCUT2D eigenvalue weighted by molar-refractivity contribution is -0.134. The van der Waals surface area contributed by atoms with Gasteiger partial charge in [0.1, 0.15) is 0 Å². The van der Waals surface area contributed by atoms with Crippen molar-refractivity contribution in [2.45, 2.75) is 37.6 Å². The molecule has 1 amide bonds. The van der Waals surface area contributed by atoms with Crippen molar-refractivity contribution in [3.05, 3.63) is 35.0 Å². The SMILES string of the molecule is C=CCN1CCC[C@@]12CCCN(C(=O)Cc1cccs1)C2. The molecule has 4 heteroatoms. The van der Waals surface area contributed by atoms with Crippen molar-refractivity contribution < 1.29 is 4.79 Å². The molecule has 2 aliphatic rings. The second-order valence-corrected chi connectivity index (χ2v) is 7.27. The second kappa shape index (κ2) is 6.32. The molecule has 0 aliphatic carbocycles. The predicted molar refractivity (Wildman–Crippen MR) is 87.6 cm³/mol. The molecule has 0 bridgehead atoms. The van der Waals surface area contributed by atoms with Crippen molar-refractivity contribution in [3.63, 3.8) is 0 Å². The Hall–Kier alpha value is -1.13. The minimum atomic E-state index is 0.220. The lowest BCUT2D eigenvalue weighted by Crippen LogP contribution is -2.57. The van der Waals surface area contributed by atoms with E-state index in [9.17, 15) is 4.79 Å². The molecule has 1 aromatic rings. The minimum Gasteiger partial charge on any atom is -0.341 e. The van der Waals surface area contributed by atoms with E-state index in [0.717, 1.165) is 32.6 Å². The quantitative estimate of drug-likeness (QED) is 0.799. The number of carbonyl (C=O) groups excluding carboxylic acids is 1. The van der Waals surface area contributed by atoms with E-state index in [2.05, 4.69) is 22.4 Å². The highest BCUT2D eigenvalue weighted by Crippen LogP contribution is 2.37. The van der Waals surface area contributed by atoms with Crippen molar-refractivity contribution >= 4 is 17.2 Å². The molecule has 3 rings (SSSR count). The number of rotatable bonds is 4. The Morgan fingerprint density at radius 3 is 2.90 bits per heavy atom. The Balaban J connectivity index is 1.67. The summed E-state index contributed by atoms with van der Waals surface area (Å²) in [5.74, 6) is 0.293. The summed E-state index contributed by atoms with van der Waals surface area (Å²) in [7, 11) is 0. The van der Waals surface area contributed by atoms with Gasteiger partial charge < -0.3 is 4.90 Å². The van der Waals surface area contributed by atoms with Gasteiger partial charge in [0.25, 0.3) is 0 Å². The van der Waals surface area contributed by atoms with Crippen LogP contribution < -0.4 is 0 Å². The minimum absolute atomic E-state index is 0.220. The maximum Gasteiger partial charge on any atom is 0.227 e. The molecule has 3 nitrogen and oxygen atoms in total. The van der Waals surface area contributed by atoms with Gasteiger partial charge in [-0.1, -0.05) is 12.1 Å². The number of hydrogen-bond donors (Lipinski definition) is 0. The van der Waals surface area contributed by atoms with Gasteiger partial charge in [-0.3, -0.25) is 9.69 Å². The van der Waals surface area contributed by atoms with Crippen LogP contribution in [-0.4, -0.2) is 47.4 Å². The maximum atomic E-state index is 12.6. The fourth-order valence-electron chi connectivity index (χ4n) is 3.90. The summed E-state index contributed by atoms with van der Waals surface area (Å²) in [6.45, 7) is 7.82. The highest BCUT2D eigenvalue weighted by Gasteiger charge is 2.44. The number of thiophene rings is 1.